The van der Waals surface area contributed by atoms with Gasteiger partial charge >= 0.3 is 0 Å². The first kappa shape index (κ1) is 19.6. The molecule has 1 saturated heterocycles. The predicted octanol–water partition coefficient (Wildman–Crippen LogP) is 3.99. The zero-order valence-electron chi connectivity index (χ0n) is 15.7. The second kappa shape index (κ2) is 8.73. The van der Waals surface area contributed by atoms with Crippen LogP contribution in [0.2, 0.25) is 0 Å². The minimum absolute atomic E-state index is 0.00967. The molecule has 1 fully saturated rings. The highest BCUT2D eigenvalue weighted by Crippen LogP contribution is 2.32. The molecular formula is C21H21F2N3O2S. The van der Waals surface area contributed by atoms with Crippen molar-refractivity contribution < 1.29 is 18.3 Å². The van der Waals surface area contributed by atoms with Gasteiger partial charge in [0.15, 0.2) is 5.13 Å². The van der Waals surface area contributed by atoms with E-state index in [0.717, 1.165) is 34.7 Å². The number of hydrogen-bond acceptors (Lipinski definition) is 5. The van der Waals surface area contributed by atoms with Gasteiger partial charge in [0.05, 0.1) is 22.7 Å². The molecule has 3 aromatic rings. The monoisotopic (exact) mass is 417 g/mol. The van der Waals surface area contributed by atoms with E-state index >= 15 is 0 Å². The van der Waals surface area contributed by atoms with Crippen LogP contribution in [-0.4, -0.2) is 37.1 Å². The smallest absolute Gasteiger partial charge is 0.225 e. The van der Waals surface area contributed by atoms with Crippen molar-refractivity contribution in [1.29, 1.82) is 0 Å². The van der Waals surface area contributed by atoms with Gasteiger partial charge in [-0.25, -0.2) is 13.8 Å². The van der Waals surface area contributed by atoms with Crippen LogP contribution in [0, 0.1) is 17.6 Å². The summed E-state index contributed by atoms with van der Waals surface area (Å²) >= 11 is 1.45. The maximum atomic E-state index is 13.4. The molecule has 4 rings (SSSR count). The number of ether oxygens (including phenoxy) is 1. The van der Waals surface area contributed by atoms with Crippen molar-refractivity contribution in [2.75, 3.05) is 31.1 Å². The number of thiazole rings is 1. The molecule has 1 N–H and O–H groups in total. The first-order valence-corrected chi connectivity index (χ1v) is 10.4. The van der Waals surface area contributed by atoms with Crippen molar-refractivity contribution in [2.24, 2.45) is 5.92 Å². The lowest BCUT2D eigenvalue weighted by Gasteiger charge is -2.31. The molecule has 1 aliphatic rings. The van der Waals surface area contributed by atoms with Gasteiger partial charge in [-0.3, -0.25) is 4.79 Å². The minimum Gasteiger partial charge on any atom is -0.492 e. The average molecular weight is 417 g/mol. The summed E-state index contributed by atoms with van der Waals surface area (Å²) in [6.07, 6.45) is 1.72. The molecule has 152 valence electrons. The quantitative estimate of drug-likeness (QED) is 0.617. The highest BCUT2D eigenvalue weighted by molar-refractivity contribution is 7.22. The largest absolute Gasteiger partial charge is 0.492 e. The van der Waals surface area contributed by atoms with E-state index in [1.54, 1.807) is 18.2 Å². The number of carbonyl (C=O) groups is 1. The summed E-state index contributed by atoms with van der Waals surface area (Å²) in [4.78, 5) is 19.2. The maximum absolute atomic E-state index is 13.4. The topological polar surface area (TPSA) is 54.5 Å². The number of hydrogen-bond donors (Lipinski definition) is 1. The summed E-state index contributed by atoms with van der Waals surface area (Å²) in [7, 11) is 0. The minimum atomic E-state index is -0.314. The maximum Gasteiger partial charge on any atom is 0.225 e. The number of halogens is 2. The van der Waals surface area contributed by atoms with Crippen LogP contribution in [0.4, 0.5) is 13.9 Å². The van der Waals surface area contributed by atoms with Gasteiger partial charge in [0.25, 0.3) is 0 Å². The van der Waals surface area contributed by atoms with Gasteiger partial charge in [0.2, 0.25) is 5.91 Å². The number of anilines is 1. The average Bonchev–Trinajstić information content (AvgIpc) is 3.16. The van der Waals surface area contributed by atoms with E-state index in [-0.39, 0.29) is 23.5 Å². The Kier molecular flexibility index (Phi) is 5.89. The number of nitrogens with one attached hydrogen (secondary N) is 1. The first-order valence-electron chi connectivity index (χ1n) is 9.55. The van der Waals surface area contributed by atoms with Gasteiger partial charge in [-0.2, -0.15) is 0 Å². The Balaban J connectivity index is 1.29. The number of carbonyl (C=O) groups excluding carboxylic acids is 1. The Bertz CT molecular complexity index is 993. The molecule has 0 aliphatic carbocycles. The number of aromatic nitrogens is 1. The van der Waals surface area contributed by atoms with Crippen molar-refractivity contribution >= 4 is 32.6 Å². The Hall–Kier alpha value is -2.74. The molecule has 2 heterocycles. The zero-order valence-corrected chi connectivity index (χ0v) is 16.6. The molecule has 8 heteroatoms. The highest BCUT2D eigenvalue weighted by Gasteiger charge is 2.27. The van der Waals surface area contributed by atoms with Gasteiger partial charge in [-0.05, 0) is 55.3 Å². The second-order valence-corrected chi connectivity index (χ2v) is 8.00. The fraction of sp³-hybridized carbons (Fsp3) is 0.333. The van der Waals surface area contributed by atoms with E-state index in [4.69, 9.17) is 4.74 Å². The van der Waals surface area contributed by atoms with E-state index < -0.39 is 0 Å². The SMILES string of the molecule is O=C(NCCOc1ccc(F)cc1)C1CCCN(c2nc3ccc(F)cc3s2)C1. The fourth-order valence-corrected chi connectivity index (χ4v) is 4.43. The number of piperidine rings is 1. The Morgan fingerprint density at radius 3 is 2.83 bits per heavy atom. The van der Waals surface area contributed by atoms with Crippen LogP contribution < -0.4 is 15.0 Å². The number of amides is 1. The van der Waals surface area contributed by atoms with Crippen LogP contribution >= 0.6 is 11.3 Å². The van der Waals surface area contributed by atoms with Crippen LogP contribution in [-0.2, 0) is 4.79 Å². The van der Waals surface area contributed by atoms with E-state index in [9.17, 15) is 13.6 Å². The van der Waals surface area contributed by atoms with Gasteiger partial charge in [0.1, 0.15) is 24.0 Å². The lowest BCUT2D eigenvalue weighted by Crippen LogP contribution is -2.43. The molecule has 0 spiro atoms. The third kappa shape index (κ3) is 4.82. The zero-order chi connectivity index (χ0) is 20.2. The molecular weight excluding hydrogens is 396 g/mol. The lowest BCUT2D eigenvalue weighted by atomic mass is 9.97. The second-order valence-electron chi connectivity index (χ2n) is 6.99. The summed E-state index contributed by atoms with van der Waals surface area (Å²) in [6, 6.07) is 10.4. The number of benzene rings is 2. The normalized spacial score (nSPS) is 16.8. The first-order chi connectivity index (χ1) is 14.1. The number of rotatable bonds is 6. The lowest BCUT2D eigenvalue weighted by molar-refractivity contribution is -0.125. The molecule has 0 saturated carbocycles. The van der Waals surface area contributed by atoms with Gasteiger partial charge in [-0.1, -0.05) is 11.3 Å². The molecule has 5 nitrogen and oxygen atoms in total. The Morgan fingerprint density at radius 1 is 1.21 bits per heavy atom. The molecule has 1 amide bonds. The number of fused-ring (bicyclic) bond motifs is 1. The third-order valence-electron chi connectivity index (χ3n) is 4.89. The molecule has 0 bridgehead atoms. The predicted molar refractivity (Wildman–Crippen MR) is 109 cm³/mol. The molecule has 1 unspecified atom stereocenters. The molecule has 1 aromatic heterocycles. The molecule has 1 atom stereocenters. The van der Waals surface area contributed by atoms with Gasteiger partial charge in [-0.15, -0.1) is 0 Å². The molecule has 1 aliphatic heterocycles. The van der Waals surface area contributed by atoms with Crippen LogP contribution in [0.3, 0.4) is 0 Å². The van der Waals surface area contributed by atoms with Gasteiger partial charge < -0.3 is 15.0 Å². The van der Waals surface area contributed by atoms with E-state index in [2.05, 4.69) is 15.2 Å². The van der Waals surface area contributed by atoms with Crippen LogP contribution in [0.5, 0.6) is 5.75 Å². The van der Waals surface area contributed by atoms with Crippen molar-refractivity contribution in [3.8, 4) is 5.75 Å². The van der Waals surface area contributed by atoms with E-state index in [1.165, 1.54) is 35.6 Å². The Morgan fingerprint density at radius 2 is 2.00 bits per heavy atom. The summed E-state index contributed by atoms with van der Waals surface area (Å²) in [5.74, 6) is -0.156. The van der Waals surface area contributed by atoms with Crippen molar-refractivity contribution in [3.05, 3.63) is 54.1 Å². The summed E-state index contributed by atoms with van der Waals surface area (Å²) in [5, 5.41) is 3.73. The fourth-order valence-electron chi connectivity index (χ4n) is 3.40. The van der Waals surface area contributed by atoms with E-state index in [1.807, 2.05) is 0 Å². The summed E-state index contributed by atoms with van der Waals surface area (Å²) in [5.41, 5.74) is 0.774. The van der Waals surface area contributed by atoms with Crippen molar-refractivity contribution in [1.82, 2.24) is 10.3 Å². The highest BCUT2D eigenvalue weighted by atomic mass is 32.1. The molecule has 2 aromatic carbocycles. The van der Waals surface area contributed by atoms with Crippen LogP contribution in [0.25, 0.3) is 10.2 Å². The standard InChI is InChI=1S/C21H21F2N3O2S/c22-15-3-6-17(7-4-15)28-11-9-24-20(27)14-2-1-10-26(13-14)21-25-18-8-5-16(23)12-19(18)29-21/h3-8,12,14H,1-2,9-11,13H2,(H,24,27). The number of nitrogens with zero attached hydrogens (tertiary/aromatic N) is 2. The van der Waals surface area contributed by atoms with Crippen molar-refractivity contribution in [3.63, 3.8) is 0 Å². The summed E-state index contributed by atoms with van der Waals surface area (Å²) in [6.45, 7) is 2.12. The van der Waals surface area contributed by atoms with Crippen LogP contribution in [0.15, 0.2) is 42.5 Å². The van der Waals surface area contributed by atoms with Crippen LogP contribution in [0.1, 0.15) is 12.8 Å². The van der Waals surface area contributed by atoms with E-state index in [0.29, 0.717) is 25.4 Å². The molecule has 0 radical (unpaired) electrons. The summed E-state index contributed by atoms with van der Waals surface area (Å²) < 4.78 is 32.6. The van der Waals surface area contributed by atoms with Gasteiger partial charge in [0, 0.05) is 13.1 Å². The molecule has 29 heavy (non-hydrogen) atoms. The van der Waals surface area contributed by atoms with Crippen molar-refractivity contribution in [2.45, 2.75) is 12.8 Å². The Labute approximate surface area is 171 Å². The third-order valence-corrected chi connectivity index (χ3v) is 5.96.